The Bertz CT molecular complexity index is 312. The van der Waals surface area contributed by atoms with Crippen LogP contribution in [0.5, 0.6) is 0 Å². The van der Waals surface area contributed by atoms with Gasteiger partial charge in [-0.1, -0.05) is 44.5 Å². The molecule has 1 aromatic rings. The monoisotopic (exact) mass is 226 g/mol. The van der Waals surface area contributed by atoms with Crippen molar-refractivity contribution in [3.63, 3.8) is 0 Å². The maximum atomic E-state index is 5.96. The lowest BCUT2D eigenvalue weighted by atomic mass is 9.86. The van der Waals surface area contributed by atoms with Crippen LogP contribution in [-0.2, 0) is 0 Å². The van der Waals surface area contributed by atoms with Crippen LogP contribution in [0.3, 0.4) is 0 Å². The summed E-state index contributed by atoms with van der Waals surface area (Å²) in [5, 5.41) is 0.753. The van der Waals surface area contributed by atoms with E-state index >= 15 is 0 Å². The molecule has 2 nitrogen and oxygen atoms in total. The quantitative estimate of drug-likeness (QED) is 0.612. The summed E-state index contributed by atoms with van der Waals surface area (Å²) >= 11 is 5.96. The molecule has 1 aromatic carbocycles. The van der Waals surface area contributed by atoms with E-state index in [0.717, 1.165) is 10.6 Å². The molecule has 0 amide bonds. The number of rotatable bonds is 4. The average molecular weight is 227 g/mol. The molecule has 0 bridgehead atoms. The topological polar surface area (TPSA) is 38.0 Å². The highest BCUT2D eigenvalue weighted by Crippen LogP contribution is 2.28. The number of hydrogen-bond donors (Lipinski definition) is 2. The molecule has 0 aliphatic rings. The Morgan fingerprint density at radius 3 is 2.40 bits per heavy atom. The molecular formula is C12H19ClN2. The zero-order valence-electron chi connectivity index (χ0n) is 9.50. The van der Waals surface area contributed by atoms with Crippen molar-refractivity contribution in [3.05, 3.63) is 34.9 Å². The van der Waals surface area contributed by atoms with Gasteiger partial charge < -0.3 is 0 Å². The van der Waals surface area contributed by atoms with Gasteiger partial charge >= 0.3 is 0 Å². The number of benzene rings is 1. The van der Waals surface area contributed by atoms with Gasteiger partial charge in [-0.3, -0.25) is 11.3 Å². The molecule has 2 unspecified atom stereocenters. The summed E-state index contributed by atoms with van der Waals surface area (Å²) in [4.78, 5) is 0. The molecule has 0 saturated carbocycles. The van der Waals surface area contributed by atoms with E-state index in [1.54, 1.807) is 0 Å². The minimum Gasteiger partial charge on any atom is -0.271 e. The number of halogens is 1. The third-order valence-electron chi connectivity index (χ3n) is 2.96. The molecule has 0 fully saturated rings. The number of hydrazine groups is 1. The molecule has 84 valence electrons. The maximum Gasteiger partial charge on any atom is 0.0488 e. The van der Waals surface area contributed by atoms with Crippen molar-refractivity contribution < 1.29 is 0 Å². The van der Waals surface area contributed by atoms with Crippen LogP contribution in [0.25, 0.3) is 0 Å². The predicted molar refractivity (Wildman–Crippen MR) is 65.5 cm³/mol. The summed E-state index contributed by atoms with van der Waals surface area (Å²) in [7, 11) is 0. The van der Waals surface area contributed by atoms with E-state index in [-0.39, 0.29) is 6.04 Å². The van der Waals surface area contributed by atoms with Crippen LogP contribution in [0, 0.1) is 11.8 Å². The van der Waals surface area contributed by atoms with Gasteiger partial charge in [-0.25, -0.2) is 0 Å². The van der Waals surface area contributed by atoms with E-state index in [1.165, 1.54) is 0 Å². The number of nitrogens with one attached hydrogen (secondary N) is 1. The molecule has 3 N–H and O–H groups in total. The van der Waals surface area contributed by atoms with E-state index in [4.69, 9.17) is 17.4 Å². The smallest absolute Gasteiger partial charge is 0.0488 e. The summed E-state index contributed by atoms with van der Waals surface area (Å²) in [6, 6.07) is 8.00. The summed E-state index contributed by atoms with van der Waals surface area (Å²) in [6.45, 7) is 6.58. The molecule has 0 aliphatic heterocycles. The maximum absolute atomic E-state index is 5.96. The molecule has 1 rings (SSSR count). The molecular weight excluding hydrogens is 208 g/mol. The van der Waals surface area contributed by atoms with E-state index in [9.17, 15) is 0 Å². The normalized spacial score (nSPS) is 15.3. The first kappa shape index (κ1) is 12.5. The largest absolute Gasteiger partial charge is 0.271 e. The first-order valence-electron chi connectivity index (χ1n) is 5.28. The zero-order valence-corrected chi connectivity index (χ0v) is 10.3. The molecule has 0 aliphatic carbocycles. The highest BCUT2D eigenvalue weighted by atomic mass is 35.5. The highest BCUT2D eigenvalue weighted by Gasteiger charge is 2.20. The lowest BCUT2D eigenvalue weighted by molar-refractivity contribution is 0.306. The molecule has 0 radical (unpaired) electrons. The Balaban J connectivity index is 2.92. The fraction of sp³-hybridized carbons (Fsp3) is 0.500. The Kier molecular flexibility index (Phi) is 4.58. The lowest BCUT2D eigenvalue weighted by Gasteiger charge is -2.26. The van der Waals surface area contributed by atoms with Gasteiger partial charge in [0.1, 0.15) is 0 Å². The summed E-state index contributed by atoms with van der Waals surface area (Å²) in [6.07, 6.45) is 0. The average Bonchev–Trinajstić information content (AvgIpc) is 2.18. The SMILES string of the molecule is CC(C)C(C)C(NN)c1cccc(Cl)c1. The molecule has 0 spiro atoms. The fourth-order valence-electron chi connectivity index (χ4n) is 1.64. The van der Waals surface area contributed by atoms with Crippen molar-refractivity contribution in [2.24, 2.45) is 17.7 Å². The Morgan fingerprint density at radius 1 is 1.27 bits per heavy atom. The second-order valence-corrected chi connectivity index (χ2v) is 4.74. The van der Waals surface area contributed by atoms with Gasteiger partial charge in [-0.15, -0.1) is 0 Å². The summed E-state index contributed by atoms with van der Waals surface area (Å²) < 4.78 is 0. The molecule has 0 heterocycles. The lowest BCUT2D eigenvalue weighted by Crippen LogP contribution is -2.34. The van der Waals surface area contributed by atoms with Gasteiger partial charge in [0.2, 0.25) is 0 Å². The molecule has 0 saturated heterocycles. The standard InChI is InChI=1S/C12H19ClN2/c1-8(2)9(3)12(15-14)10-5-4-6-11(13)7-10/h4-9,12,15H,14H2,1-3H3. The van der Waals surface area contributed by atoms with E-state index in [1.807, 2.05) is 18.2 Å². The van der Waals surface area contributed by atoms with E-state index in [0.29, 0.717) is 11.8 Å². The van der Waals surface area contributed by atoms with Crippen molar-refractivity contribution >= 4 is 11.6 Å². The van der Waals surface area contributed by atoms with Crippen LogP contribution < -0.4 is 11.3 Å². The van der Waals surface area contributed by atoms with Crippen LogP contribution >= 0.6 is 11.6 Å². The summed E-state index contributed by atoms with van der Waals surface area (Å²) in [5.41, 5.74) is 4.01. The second-order valence-electron chi connectivity index (χ2n) is 4.30. The van der Waals surface area contributed by atoms with Gasteiger partial charge in [-0.05, 0) is 29.5 Å². The molecule has 15 heavy (non-hydrogen) atoms. The van der Waals surface area contributed by atoms with Crippen molar-refractivity contribution in [2.75, 3.05) is 0 Å². The second kappa shape index (κ2) is 5.50. The first-order chi connectivity index (χ1) is 7.06. The van der Waals surface area contributed by atoms with Crippen molar-refractivity contribution in [1.82, 2.24) is 5.43 Å². The van der Waals surface area contributed by atoms with Gasteiger partial charge in [0.05, 0.1) is 0 Å². The van der Waals surface area contributed by atoms with Crippen LogP contribution in [0.15, 0.2) is 24.3 Å². The van der Waals surface area contributed by atoms with E-state index in [2.05, 4.69) is 32.3 Å². The van der Waals surface area contributed by atoms with Gasteiger partial charge in [0, 0.05) is 11.1 Å². The molecule has 0 aromatic heterocycles. The minimum atomic E-state index is 0.156. The molecule has 3 heteroatoms. The van der Waals surface area contributed by atoms with Crippen LogP contribution in [0.4, 0.5) is 0 Å². The third kappa shape index (κ3) is 3.20. The van der Waals surface area contributed by atoms with Crippen molar-refractivity contribution in [3.8, 4) is 0 Å². The van der Waals surface area contributed by atoms with Gasteiger partial charge in [0.15, 0.2) is 0 Å². The van der Waals surface area contributed by atoms with Gasteiger partial charge in [0.25, 0.3) is 0 Å². The van der Waals surface area contributed by atoms with E-state index < -0.39 is 0 Å². The third-order valence-corrected chi connectivity index (χ3v) is 3.20. The Labute approximate surface area is 96.8 Å². The first-order valence-corrected chi connectivity index (χ1v) is 5.65. The highest BCUT2D eigenvalue weighted by molar-refractivity contribution is 6.30. The zero-order chi connectivity index (χ0) is 11.4. The number of hydrogen-bond acceptors (Lipinski definition) is 2. The van der Waals surface area contributed by atoms with Crippen LogP contribution in [0.2, 0.25) is 5.02 Å². The van der Waals surface area contributed by atoms with Crippen molar-refractivity contribution in [2.45, 2.75) is 26.8 Å². The van der Waals surface area contributed by atoms with Crippen LogP contribution in [-0.4, -0.2) is 0 Å². The van der Waals surface area contributed by atoms with Crippen LogP contribution in [0.1, 0.15) is 32.4 Å². The minimum absolute atomic E-state index is 0.156. The van der Waals surface area contributed by atoms with Crippen molar-refractivity contribution in [1.29, 1.82) is 0 Å². The Morgan fingerprint density at radius 2 is 1.93 bits per heavy atom. The molecule has 2 atom stereocenters. The fourth-order valence-corrected chi connectivity index (χ4v) is 1.84. The number of nitrogens with two attached hydrogens (primary N) is 1. The predicted octanol–water partition coefficient (Wildman–Crippen LogP) is 3.14. The Hall–Kier alpha value is -0.570. The summed E-state index contributed by atoms with van der Waals surface area (Å²) in [5.74, 6) is 6.64. The van der Waals surface area contributed by atoms with Gasteiger partial charge in [-0.2, -0.15) is 0 Å².